The normalized spacial score (nSPS) is 11.6. The molecule has 0 aliphatic rings. The lowest BCUT2D eigenvalue weighted by Crippen LogP contribution is -2.32. The lowest BCUT2D eigenvalue weighted by Gasteiger charge is -2.12. The predicted octanol–water partition coefficient (Wildman–Crippen LogP) is 1.86. The fourth-order valence-electron chi connectivity index (χ4n) is 1.87. The summed E-state index contributed by atoms with van der Waals surface area (Å²) in [6, 6.07) is 7.87. The topological polar surface area (TPSA) is 75.1 Å². The van der Waals surface area contributed by atoms with Crippen LogP contribution in [-0.2, 0) is 6.54 Å². The molecule has 2 aromatic rings. The Hall–Kier alpha value is -2.51. The van der Waals surface area contributed by atoms with E-state index in [-0.39, 0.29) is 5.56 Å². The van der Waals surface area contributed by atoms with Gasteiger partial charge in [0, 0.05) is 6.54 Å². The van der Waals surface area contributed by atoms with E-state index >= 15 is 0 Å². The Morgan fingerprint density at radius 2 is 1.76 bits per heavy atom. The number of benzene rings is 1. The second-order valence-corrected chi connectivity index (χ2v) is 4.34. The zero-order valence-electron chi connectivity index (χ0n) is 10.6. The van der Waals surface area contributed by atoms with Gasteiger partial charge in [-0.05, 0) is 5.56 Å². The minimum absolute atomic E-state index is 0.239. The fraction of sp³-hybridized carbons (Fsp3) is 0.231. The molecule has 0 unspecified atom stereocenters. The van der Waals surface area contributed by atoms with Gasteiger partial charge in [-0.2, -0.15) is 13.2 Å². The molecule has 5 nitrogen and oxygen atoms in total. The Bertz CT molecular complexity index is 748. The average molecular weight is 300 g/mol. The molecule has 0 bridgehead atoms. The molecule has 0 radical (unpaired) electrons. The first-order chi connectivity index (χ1) is 9.79. The van der Waals surface area contributed by atoms with E-state index in [1.807, 2.05) is 4.98 Å². The summed E-state index contributed by atoms with van der Waals surface area (Å²) in [6.07, 6.45) is -5.77. The highest BCUT2D eigenvalue weighted by molar-refractivity contribution is 5.67. The van der Waals surface area contributed by atoms with Gasteiger partial charge in [0.05, 0.1) is 6.42 Å². The summed E-state index contributed by atoms with van der Waals surface area (Å²) in [5.41, 5.74) is -1.87. The highest BCUT2D eigenvalue weighted by atomic mass is 19.4. The average Bonchev–Trinajstić information content (AvgIpc) is 2.37. The number of aromatic amines is 1. The van der Waals surface area contributed by atoms with Gasteiger partial charge >= 0.3 is 11.9 Å². The van der Waals surface area contributed by atoms with Crippen molar-refractivity contribution in [3.05, 3.63) is 51.2 Å². The molecular weight excluding hydrogens is 289 g/mol. The van der Waals surface area contributed by atoms with E-state index < -0.39 is 36.3 Å². The van der Waals surface area contributed by atoms with Crippen LogP contribution >= 0.6 is 0 Å². The molecule has 0 aliphatic carbocycles. The van der Waals surface area contributed by atoms with Crippen LogP contribution in [0.1, 0.15) is 6.42 Å². The van der Waals surface area contributed by atoms with Crippen LogP contribution in [-0.4, -0.2) is 20.8 Å². The molecule has 0 atom stereocenters. The van der Waals surface area contributed by atoms with Gasteiger partial charge in [0.15, 0.2) is 0 Å². The van der Waals surface area contributed by atoms with Crippen LogP contribution in [0.5, 0.6) is 5.88 Å². The van der Waals surface area contributed by atoms with Crippen LogP contribution in [0.2, 0.25) is 0 Å². The summed E-state index contributed by atoms with van der Waals surface area (Å²) in [5, 5.41) is 9.98. The fourth-order valence-corrected chi connectivity index (χ4v) is 1.87. The van der Waals surface area contributed by atoms with Crippen LogP contribution in [0.4, 0.5) is 13.2 Å². The van der Waals surface area contributed by atoms with Gasteiger partial charge in [-0.1, -0.05) is 30.3 Å². The maximum Gasteiger partial charge on any atom is 0.390 e. The van der Waals surface area contributed by atoms with E-state index in [1.165, 1.54) is 12.1 Å². The highest BCUT2D eigenvalue weighted by Gasteiger charge is 2.28. The van der Waals surface area contributed by atoms with Crippen molar-refractivity contribution in [1.29, 1.82) is 0 Å². The van der Waals surface area contributed by atoms with E-state index in [0.29, 0.717) is 10.1 Å². The Labute approximate surface area is 116 Å². The first kappa shape index (κ1) is 14.9. The lowest BCUT2D eigenvalue weighted by molar-refractivity contribution is -0.137. The number of alkyl halides is 3. The third-order valence-electron chi connectivity index (χ3n) is 2.85. The molecule has 1 aromatic carbocycles. The number of H-pyrrole nitrogens is 1. The van der Waals surface area contributed by atoms with Crippen molar-refractivity contribution >= 4 is 0 Å². The molecule has 0 amide bonds. The molecule has 0 saturated carbocycles. The number of rotatable bonds is 3. The zero-order valence-corrected chi connectivity index (χ0v) is 10.6. The van der Waals surface area contributed by atoms with Crippen LogP contribution in [0.15, 0.2) is 39.9 Å². The lowest BCUT2D eigenvalue weighted by atomic mass is 10.1. The Kier molecular flexibility index (Phi) is 3.88. The van der Waals surface area contributed by atoms with Crippen molar-refractivity contribution in [2.75, 3.05) is 0 Å². The van der Waals surface area contributed by atoms with Gasteiger partial charge in [-0.15, -0.1) is 0 Å². The van der Waals surface area contributed by atoms with Crippen molar-refractivity contribution in [2.24, 2.45) is 0 Å². The third-order valence-corrected chi connectivity index (χ3v) is 2.85. The van der Waals surface area contributed by atoms with Crippen LogP contribution in [0.25, 0.3) is 11.1 Å². The molecule has 21 heavy (non-hydrogen) atoms. The van der Waals surface area contributed by atoms with Crippen molar-refractivity contribution in [3.63, 3.8) is 0 Å². The molecule has 0 aliphatic heterocycles. The first-order valence-electron chi connectivity index (χ1n) is 5.98. The van der Waals surface area contributed by atoms with Crippen LogP contribution in [0.3, 0.4) is 0 Å². The summed E-state index contributed by atoms with van der Waals surface area (Å²) in [4.78, 5) is 25.2. The molecule has 1 aromatic heterocycles. The van der Waals surface area contributed by atoms with Crippen molar-refractivity contribution in [1.82, 2.24) is 9.55 Å². The molecule has 2 rings (SSSR count). The van der Waals surface area contributed by atoms with Crippen molar-refractivity contribution in [2.45, 2.75) is 19.1 Å². The molecule has 0 fully saturated rings. The number of nitrogens with zero attached hydrogens (tertiary/aromatic N) is 1. The van der Waals surface area contributed by atoms with E-state index in [2.05, 4.69) is 0 Å². The number of halogens is 3. The van der Waals surface area contributed by atoms with Crippen LogP contribution in [0, 0.1) is 0 Å². The van der Waals surface area contributed by atoms with E-state index in [0.717, 1.165) is 0 Å². The van der Waals surface area contributed by atoms with Gasteiger partial charge in [0.2, 0.25) is 5.88 Å². The van der Waals surface area contributed by atoms with E-state index in [4.69, 9.17) is 0 Å². The minimum Gasteiger partial charge on any atom is -0.494 e. The Morgan fingerprint density at radius 3 is 2.33 bits per heavy atom. The number of aromatic hydroxyl groups is 1. The summed E-state index contributed by atoms with van der Waals surface area (Å²) in [6.45, 7) is -0.773. The maximum atomic E-state index is 12.2. The Morgan fingerprint density at radius 1 is 1.14 bits per heavy atom. The number of nitrogens with one attached hydrogen (secondary N) is 1. The number of hydrogen-bond donors (Lipinski definition) is 2. The predicted molar refractivity (Wildman–Crippen MR) is 69.1 cm³/mol. The van der Waals surface area contributed by atoms with Gasteiger partial charge in [0.1, 0.15) is 5.56 Å². The standard InChI is InChI=1S/C13H11F3N2O3/c14-13(15,16)6-7-18-11(20)9(10(19)17-12(18)21)8-4-2-1-3-5-8/h1-5,20H,6-7H2,(H,17,19,21). The summed E-state index contributed by atoms with van der Waals surface area (Å²) in [7, 11) is 0. The summed E-state index contributed by atoms with van der Waals surface area (Å²) < 4.78 is 37.2. The molecule has 2 N–H and O–H groups in total. The van der Waals surface area contributed by atoms with Gasteiger partial charge in [0.25, 0.3) is 5.56 Å². The quantitative estimate of drug-likeness (QED) is 0.908. The zero-order chi connectivity index (χ0) is 15.6. The van der Waals surface area contributed by atoms with Crippen LogP contribution < -0.4 is 11.2 Å². The van der Waals surface area contributed by atoms with Gasteiger partial charge in [-0.3, -0.25) is 14.3 Å². The molecule has 1 heterocycles. The van der Waals surface area contributed by atoms with Crippen molar-refractivity contribution in [3.8, 4) is 17.0 Å². The number of hydrogen-bond acceptors (Lipinski definition) is 3. The second-order valence-electron chi connectivity index (χ2n) is 4.34. The smallest absolute Gasteiger partial charge is 0.390 e. The molecule has 0 spiro atoms. The third kappa shape index (κ3) is 3.33. The molecule has 8 heteroatoms. The van der Waals surface area contributed by atoms with Gasteiger partial charge < -0.3 is 5.11 Å². The second kappa shape index (κ2) is 5.47. The monoisotopic (exact) mass is 300 g/mol. The van der Waals surface area contributed by atoms with Gasteiger partial charge in [-0.25, -0.2) is 4.79 Å². The van der Waals surface area contributed by atoms with Crippen molar-refractivity contribution < 1.29 is 18.3 Å². The Balaban J connectivity index is 2.54. The maximum absolute atomic E-state index is 12.2. The molecule has 112 valence electrons. The first-order valence-corrected chi connectivity index (χ1v) is 5.98. The highest BCUT2D eigenvalue weighted by Crippen LogP contribution is 2.25. The summed E-state index contributed by atoms with van der Waals surface area (Å²) in [5.74, 6) is -0.779. The van der Waals surface area contributed by atoms with E-state index in [9.17, 15) is 27.9 Å². The minimum atomic E-state index is -4.48. The molecule has 0 saturated heterocycles. The molecular formula is C13H11F3N2O3. The SMILES string of the molecule is O=c1[nH]c(=O)n(CCC(F)(F)F)c(O)c1-c1ccccc1. The number of aromatic nitrogens is 2. The largest absolute Gasteiger partial charge is 0.494 e. The van der Waals surface area contributed by atoms with E-state index in [1.54, 1.807) is 18.2 Å². The summed E-state index contributed by atoms with van der Waals surface area (Å²) >= 11 is 0.